The summed E-state index contributed by atoms with van der Waals surface area (Å²) in [5, 5.41) is 0. The van der Waals surface area contributed by atoms with Gasteiger partial charge in [-0.3, -0.25) is 9.36 Å². The first-order valence-electron chi connectivity index (χ1n) is 7.70. The predicted molar refractivity (Wildman–Crippen MR) is 87.8 cm³/mol. The molecule has 0 fully saturated rings. The van der Waals surface area contributed by atoms with E-state index in [9.17, 15) is 9.36 Å². The zero-order chi connectivity index (χ0) is 16.2. The average Bonchev–Trinajstić information content (AvgIpc) is 2.76. The summed E-state index contributed by atoms with van der Waals surface area (Å²) in [5.74, 6) is -0.297. The lowest BCUT2D eigenvalue weighted by atomic mass is 9.97. The van der Waals surface area contributed by atoms with Gasteiger partial charge in [-0.05, 0) is 25.3 Å². The van der Waals surface area contributed by atoms with Gasteiger partial charge in [0.15, 0.2) is 5.78 Å². The van der Waals surface area contributed by atoms with E-state index in [1.807, 2.05) is 43.3 Å². The molecule has 1 aromatic rings. The maximum Gasteiger partial charge on any atom is 0.331 e. The standard InChI is InChI=1S/C17H23O4P/c1-4-20-22(19,21-5-2)12-16-13(3)11-15(17(16)18)14-9-7-6-8-10-14/h6-11,13,16H,4-5,12H2,1-3H3/t13-,16+/m1/s1. The first-order valence-corrected chi connectivity index (χ1v) is 9.43. The Labute approximate surface area is 132 Å². The molecular formula is C17H23O4P. The second-order valence-electron chi connectivity index (χ2n) is 5.41. The molecule has 2 atom stereocenters. The second kappa shape index (κ2) is 7.36. The number of ketones is 1. The Morgan fingerprint density at radius 2 is 1.68 bits per heavy atom. The van der Waals surface area contributed by atoms with Crippen LogP contribution in [0.25, 0.3) is 5.57 Å². The van der Waals surface area contributed by atoms with Crippen molar-refractivity contribution in [3.05, 3.63) is 42.0 Å². The lowest BCUT2D eigenvalue weighted by Crippen LogP contribution is -2.21. The molecule has 1 aromatic carbocycles. The van der Waals surface area contributed by atoms with Crippen molar-refractivity contribution in [1.29, 1.82) is 0 Å². The van der Waals surface area contributed by atoms with E-state index in [1.54, 1.807) is 13.8 Å². The molecule has 0 radical (unpaired) electrons. The molecule has 0 aromatic heterocycles. The molecule has 0 amide bonds. The molecule has 1 aliphatic carbocycles. The Bertz CT molecular complexity index is 584. The molecule has 0 N–H and O–H groups in total. The summed E-state index contributed by atoms with van der Waals surface area (Å²) < 4.78 is 23.3. The summed E-state index contributed by atoms with van der Waals surface area (Å²) in [7, 11) is -3.22. The molecule has 1 aliphatic rings. The van der Waals surface area contributed by atoms with Crippen molar-refractivity contribution in [1.82, 2.24) is 0 Å². The number of hydrogen-bond donors (Lipinski definition) is 0. The molecule has 0 bridgehead atoms. The maximum absolute atomic E-state index is 12.7. The Balaban J connectivity index is 2.18. The molecule has 0 heterocycles. The van der Waals surface area contributed by atoms with Gasteiger partial charge in [0, 0.05) is 11.5 Å². The highest BCUT2D eigenvalue weighted by atomic mass is 31.2. The molecule has 0 spiro atoms. The average molecular weight is 322 g/mol. The third kappa shape index (κ3) is 3.75. The number of Topliss-reactive ketones (excluding diaryl/α,β-unsaturated/α-hetero) is 1. The molecule has 0 saturated carbocycles. The van der Waals surface area contributed by atoms with Gasteiger partial charge in [-0.2, -0.15) is 0 Å². The van der Waals surface area contributed by atoms with Crippen LogP contribution in [0.2, 0.25) is 0 Å². The van der Waals surface area contributed by atoms with Gasteiger partial charge in [-0.15, -0.1) is 0 Å². The van der Waals surface area contributed by atoms with Crippen LogP contribution in [-0.2, 0) is 18.4 Å². The minimum absolute atomic E-state index is 0.0249. The van der Waals surface area contributed by atoms with Gasteiger partial charge in [-0.25, -0.2) is 0 Å². The molecule has 5 heteroatoms. The summed E-state index contributed by atoms with van der Waals surface area (Å²) in [4.78, 5) is 12.7. The van der Waals surface area contributed by atoms with Gasteiger partial charge in [-0.1, -0.05) is 43.3 Å². The summed E-state index contributed by atoms with van der Waals surface area (Å²) in [6, 6.07) is 9.58. The van der Waals surface area contributed by atoms with Crippen molar-refractivity contribution >= 4 is 19.0 Å². The van der Waals surface area contributed by atoms with E-state index in [0.717, 1.165) is 5.56 Å². The van der Waals surface area contributed by atoms with E-state index in [4.69, 9.17) is 9.05 Å². The van der Waals surface area contributed by atoms with Crippen LogP contribution in [0.4, 0.5) is 0 Å². The monoisotopic (exact) mass is 322 g/mol. The van der Waals surface area contributed by atoms with Gasteiger partial charge in [0.05, 0.1) is 19.4 Å². The highest BCUT2D eigenvalue weighted by molar-refractivity contribution is 7.53. The number of carbonyl (C=O) groups is 1. The van der Waals surface area contributed by atoms with Crippen molar-refractivity contribution in [3.8, 4) is 0 Å². The molecule has 0 unspecified atom stereocenters. The van der Waals surface area contributed by atoms with Crippen molar-refractivity contribution in [3.63, 3.8) is 0 Å². The fourth-order valence-corrected chi connectivity index (χ4v) is 4.83. The summed E-state index contributed by atoms with van der Waals surface area (Å²) in [6.07, 6.45) is 2.10. The minimum atomic E-state index is -3.22. The number of allylic oxidation sites excluding steroid dienone is 2. The summed E-state index contributed by atoms with van der Waals surface area (Å²) in [6.45, 7) is 6.15. The highest BCUT2D eigenvalue weighted by Crippen LogP contribution is 2.52. The largest absolute Gasteiger partial charge is 0.331 e. The van der Waals surface area contributed by atoms with E-state index in [0.29, 0.717) is 18.8 Å². The van der Waals surface area contributed by atoms with E-state index >= 15 is 0 Å². The lowest BCUT2D eigenvalue weighted by Gasteiger charge is -2.22. The van der Waals surface area contributed by atoms with Crippen LogP contribution in [0.3, 0.4) is 0 Å². The molecule has 120 valence electrons. The molecular weight excluding hydrogens is 299 g/mol. The zero-order valence-electron chi connectivity index (χ0n) is 13.3. The van der Waals surface area contributed by atoms with Crippen LogP contribution in [0, 0.1) is 11.8 Å². The van der Waals surface area contributed by atoms with Gasteiger partial charge in [0.1, 0.15) is 0 Å². The normalized spacial score (nSPS) is 22.0. The predicted octanol–water partition coefficient (Wildman–Crippen LogP) is 4.17. The summed E-state index contributed by atoms with van der Waals surface area (Å²) >= 11 is 0. The first-order chi connectivity index (χ1) is 10.5. The van der Waals surface area contributed by atoms with Gasteiger partial charge in [0.2, 0.25) is 0 Å². The molecule has 4 nitrogen and oxygen atoms in total. The van der Waals surface area contributed by atoms with E-state index in [-0.39, 0.29) is 23.8 Å². The summed E-state index contributed by atoms with van der Waals surface area (Å²) in [5.41, 5.74) is 1.61. The Hall–Kier alpha value is -1.22. The van der Waals surface area contributed by atoms with Crippen molar-refractivity contribution in [2.24, 2.45) is 11.8 Å². The molecule has 0 saturated heterocycles. The Morgan fingerprint density at radius 3 is 2.23 bits per heavy atom. The Morgan fingerprint density at radius 1 is 1.09 bits per heavy atom. The number of carbonyl (C=O) groups excluding carboxylic acids is 1. The number of benzene rings is 1. The van der Waals surface area contributed by atoms with Crippen molar-refractivity contribution < 1.29 is 18.4 Å². The zero-order valence-corrected chi connectivity index (χ0v) is 14.2. The number of hydrogen-bond acceptors (Lipinski definition) is 4. The van der Waals surface area contributed by atoms with Gasteiger partial charge >= 0.3 is 7.60 Å². The highest BCUT2D eigenvalue weighted by Gasteiger charge is 2.40. The third-order valence-corrected chi connectivity index (χ3v) is 5.97. The fourth-order valence-electron chi connectivity index (χ4n) is 2.78. The quantitative estimate of drug-likeness (QED) is 0.707. The van der Waals surface area contributed by atoms with Crippen LogP contribution >= 0.6 is 7.60 Å². The molecule has 0 aliphatic heterocycles. The van der Waals surface area contributed by atoms with Crippen LogP contribution in [-0.4, -0.2) is 25.2 Å². The van der Waals surface area contributed by atoms with Crippen LogP contribution in [0.1, 0.15) is 26.3 Å². The van der Waals surface area contributed by atoms with Gasteiger partial charge < -0.3 is 9.05 Å². The first kappa shape index (κ1) is 17.1. The number of rotatable bonds is 7. The minimum Gasteiger partial charge on any atom is -0.309 e. The van der Waals surface area contributed by atoms with Crippen LogP contribution in [0.5, 0.6) is 0 Å². The topological polar surface area (TPSA) is 52.6 Å². The van der Waals surface area contributed by atoms with Gasteiger partial charge in [0.25, 0.3) is 0 Å². The Kier molecular flexibility index (Phi) is 5.74. The van der Waals surface area contributed by atoms with E-state index < -0.39 is 7.60 Å². The molecule has 22 heavy (non-hydrogen) atoms. The second-order valence-corrected chi connectivity index (χ2v) is 7.51. The van der Waals surface area contributed by atoms with Crippen molar-refractivity contribution in [2.75, 3.05) is 19.4 Å². The van der Waals surface area contributed by atoms with Crippen molar-refractivity contribution in [2.45, 2.75) is 20.8 Å². The lowest BCUT2D eigenvalue weighted by molar-refractivity contribution is -0.116. The maximum atomic E-state index is 12.7. The van der Waals surface area contributed by atoms with E-state index in [2.05, 4.69) is 0 Å². The fraction of sp³-hybridized carbons (Fsp3) is 0.471. The third-order valence-electron chi connectivity index (χ3n) is 3.82. The van der Waals surface area contributed by atoms with Crippen LogP contribution in [0.15, 0.2) is 36.4 Å². The van der Waals surface area contributed by atoms with Crippen LogP contribution < -0.4 is 0 Å². The molecule has 2 rings (SSSR count). The SMILES string of the molecule is CCOP(=O)(C[C@@H]1C(=O)C(c2ccccc2)=C[C@H]1C)OCC. The smallest absolute Gasteiger partial charge is 0.309 e. The van der Waals surface area contributed by atoms with E-state index in [1.165, 1.54) is 0 Å².